The number of rotatable bonds is 18. The van der Waals surface area contributed by atoms with Gasteiger partial charge in [0, 0.05) is 41.7 Å². The number of thiazole rings is 1. The van der Waals surface area contributed by atoms with Crippen molar-refractivity contribution in [3.8, 4) is 0 Å². The second-order valence-electron chi connectivity index (χ2n) is 13.4. The zero-order valence-corrected chi connectivity index (χ0v) is 31.0. The summed E-state index contributed by atoms with van der Waals surface area (Å²) < 4.78 is 0. The fourth-order valence-corrected chi connectivity index (χ4v) is 7.22. The van der Waals surface area contributed by atoms with E-state index in [0.29, 0.717) is 51.0 Å². The molecule has 0 aliphatic heterocycles. The highest BCUT2D eigenvalue weighted by Crippen LogP contribution is 2.20. The third-order valence-corrected chi connectivity index (χ3v) is 10.6. The van der Waals surface area contributed by atoms with Crippen LogP contribution in [0.25, 0.3) is 0 Å². The number of carbonyl (C=O) groups is 3. The van der Waals surface area contributed by atoms with Gasteiger partial charge >= 0.3 is 6.03 Å². The molecular weight excluding hydrogens is 651 g/mol. The van der Waals surface area contributed by atoms with Crippen molar-refractivity contribution in [1.29, 1.82) is 0 Å². The molecule has 0 saturated carbocycles. The Kier molecular flexibility index (Phi) is 14.8. The second kappa shape index (κ2) is 19.2. The molecule has 2 aromatic heterocycles. The van der Waals surface area contributed by atoms with Crippen molar-refractivity contribution in [1.82, 2.24) is 25.8 Å². The van der Waals surface area contributed by atoms with Gasteiger partial charge in [-0.3, -0.25) is 9.59 Å². The summed E-state index contributed by atoms with van der Waals surface area (Å²) in [5.74, 6) is 0.0165. The van der Waals surface area contributed by atoms with Crippen molar-refractivity contribution in [2.45, 2.75) is 96.8 Å². The fourth-order valence-electron chi connectivity index (χ4n) is 5.69. The molecule has 3 unspecified atom stereocenters. The number of aromatic nitrogens is 1. The third kappa shape index (κ3) is 12.7. The largest absolute Gasteiger partial charge is 0.353 e. The number of benzene rings is 2. The van der Waals surface area contributed by atoms with E-state index in [4.69, 9.17) is 0 Å². The molecule has 8 nitrogen and oxygen atoms in total. The smallest absolute Gasteiger partial charge is 0.318 e. The van der Waals surface area contributed by atoms with Crippen LogP contribution >= 0.6 is 22.7 Å². The number of aryl methyl sites for hydroxylation is 1. The Morgan fingerprint density at radius 2 is 1.39 bits per heavy atom. The molecule has 4 amide bonds. The lowest BCUT2D eigenvalue weighted by Crippen LogP contribution is -2.54. The first-order chi connectivity index (χ1) is 23.6. The van der Waals surface area contributed by atoms with Crippen LogP contribution in [0, 0.1) is 5.92 Å². The maximum Gasteiger partial charge on any atom is 0.318 e. The highest BCUT2D eigenvalue weighted by atomic mass is 32.1. The normalized spacial score (nSPS) is 13.1. The number of nitrogens with zero attached hydrogens (tertiary/aromatic N) is 2. The molecule has 49 heavy (non-hydrogen) atoms. The van der Waals surface area contributed by atoms with Gasteiger partial charge in [0.2, 0.25) is 11.8 Å². The number of amides is 4. The van der Waals surface area contributed by atoms with Crippen LogP contribution in [0.2, 0.25) is 0 Å². The molecule has 0 saturated heterocycles. The zero-order chi connectivity index (χ0) is 35.2. The van der Waals surface area contributed by atoms with Crippen LogP contribution in [0.4, 0.5) is 4.79 Å². The highest BCUT2D eigenvalue weighted by Gasteiger charge is 2.28. The molecule has 4 rings (SSSR count). The lowest BCUT2D eigenvalue weighted by Gasteiger charge is -2.28. The minimum atomic E-state index is -0.716. The van der Waals surface area contributed by atoms with Gasteiger partial charge in [-0.2, -0.15) is 0 Å². The summed E-state index contributed by atoms with van der Waals surface area (Å²) >= 11 is 3.26. The molecule has 0 fully saturated rings. The standard InChI is InChI=1S/C39H51N5O3S2/c1-27(2)36(43-39(47)44(5)25-33-26-49-38(42-33)28(3)4)37(46)41-32(24-30-15-10-7-11-16-30)19-18-31(23-29-13-8-6-9-14-29)40-35(45)21-20-34-17-12-22-48-34/h6-17,22,26-28,31-32,36H,18-21,23-25H2,1-5H3,(H,40,45)(H,41,46)(H,43,47). The van der Waals surface area contributed by atoms with Crippen LogP contribution in [0.3, 0.4) is 0 Å². The Bertz CT molecular complexity index is 1570. The number of hydrogen-bond donors (Lipinski definition) is 3. The average Bonchev–Trinajstić information content (AvgIpc) is 3.78. The molecule has 2 aromatic carbocycles. The van der Waals surface area contributed by atoms with Gasteiger partial charge in [-0.15, -0.1) is 22.7 Å². The van der Waals surface area contributed by atoms with Crippen LogP contribution in [0.1, 0.15) is 79.6 Å². The summed E-state index contributed by atoms with van der Waals surface area (Å²) in [6, 6.07) is 23.0. The van der Waals surface area contributed by atoms with Gasteiger partial charge in [0.05, 0.1) is 17.2 Å². The van der Waals surface area contributed by atoms with Gasteiger partial charge in [-0.25, -0.2) is 9.78 Å². The van der Waals surface area contributed by atoms with Crippen molar-refractivity contribution in [3.63, 3.8) is 0 Å². The van der Waals surface area contributed by atoms with Crippen LogP contribution in [-0.4, -0.2) is 52.9 Å². The van der Waals surface area contributed by atoms with Gasteiger partial charge in [0.15, 0.2) is 0 Å². The van der Waals surface area contributed by atoms with Crippen molar-refractivity contribution >= 4 is 40.5 Å². The van der Waals surface area contributed by atoms with Crippen molar-refractivity contribution in [3.05, 3.63) is 110 Å². The lowest BCUT2D eigenvalue weighted by molar-refractivity contribution is -0.125. The summed E-state index contributed by atoms with van der Waals surface area (Å²) in [5.41, 5.74) is 3.10. The number of carbonyl (C=O) groups excluding carboxylic acids is 3. The van der Waals surface area contributed by atoms with E-state index in [0.717, 1.165) is 21.8 Å². The molecule has 4 aromatic rings. The first-order valence-electron chi connectivity index (χ1n) is 17.2. The van der Waals surface area contributed by atoms with E-state index in [-0.39, 0.29) is 35.8 Å². The Balaban J connectivity index is 1.43. The molecule has 3 atom stereocenters. The number of thiophene rings is 1. The predicted molar refractivity (Wildman–Crippen MR) is 201 cm³/mol. The number of nitrogens with one attached hydrogen (secondary N) is 3. The predicted octanol–water partition coefficient (Wildman–Crippen LogP) is 7.36. The Morgan fingerprint density at radius 3 is 1.92 bits per heavy atom. The minimum absolute atomic E-state index is 0.0303. The maximum absolute atomic E-state index is 13.9. The zero-order valence-electron chi connectivity index (χ0n) is 29.4. The Morgan fingerprint density at radius 1 is 0.776 bits per heavy atom. The quantitative estimate of drug-likeness (QED) is 0.101. The molecule has 0 spiro atoms. The molecular formula is C39H51N5O3S2. The van der Waals surface area contributed by atoms with Crippen molar-refractivity contribution < 1.29 is 14.4 Å². The van der Waals surface area contributed by atoms with Crippen LogP contribution in [-0.2, 0) is 35.4 Å². The summed E-state index contributed by atoms with van der Waals surface area (Å²) in [5, 5.41) is 14.6. The van der Waals surface area contributed by atoms with E-state index in [9.17, 15) is 14.4 Å². The van der Waals surface area contributed by atoms with Gasteiger partial charge in [-0.05, 0) is 60.6 Å². The second-order valence-corrected chi connectivity index (χ2v) is 15.3. The molecule has 0 bridgehead atoms. The topological polar surface area (TPSA) is 103 Å². The fraction of sp³-hybridized carbons (Fsp3) is 0.436. The van der Waals surface area contributed by atoms with Crippen LogP contribution in [0.5, 0.6) is 0 Å². The van der Waals surface area contributed by atoms with E-state index < -0.39 is 6.04 Å². The first kappa shape index (κ1) is 37.8. The van der Waals surface area contributed by atoms with Crippen LogP contribution in [0.15, 0.2) is 83.6 Å². The Hall–Kier alpha value is -4.02. The van der Waals surface area contributed by atoms with E-state index in [1.54, 1.807) is 34.6 Å². The van der Waals surface area contributed by atoms with Gasteiger partial charge in [0.1, 0.15) is 6.04 Å². The van der Waals surface area contributed by atoms with E-state index in [1.807, 2.05) is 67.1 Å². The van der Waals surface area contributed by atoms with Crippen LogP contribution < -0.4 is 16.0 Å². The van der Waals surface area contributed by atoms with Gasteiger partial charge in [0.25, 0.3) is 0 Å². The Labute approximate surface area is 299 Å². The van der Waals surface area contributed by atoms with Crippen molar-refractivity contribution in [2.75, 3.05) is 7.05 Å². The molecule has 0 radical (unpaired) electrons. The van der Waals surface area contributed by atoms with E-state index in [1.165, 1.54) is 4.88 Å². The molecule has 3 N–H and O–H groups in total. The summed E-state index contributed by atoms with van der Waals surface area (Å²) in [7, 11) is 1.72. The minimum Gasteiger partial charge on any atom is -0.353 e. The van der Waals surface area contributed by atoms with Crippen molar-refractivity contribution in [2.24, 2.45) is 5.92 Å². The summed E-state index contributed by atoms with van der Waals surface area (Å²) in [6.07, 6.45) is 3.83. The molecule has 2 heterocycles. The molecule has 0 aliphatic carbocycles. The molecule has 10 heteroatoms. The molecule has 262 valence electrons. The van der Waals surface area contributed by atoms with Gasteiger partial charge < -0.3 is 20.9 Å². The number of hydrogen-bond acceptors (Lipinski definition) is 6. The average molecular weight is 702 g/mol. The summed E-state index contributed by atoms with van der Waals surface area (Å²) in [6.45, 7) is 8.44. The first-order valence-corrected chi connectivity index (χ1v) is 19.0. The third-order valence-electron chi connectivity index (χ3n) is 8.44. The summed E-state index contributed by atoms with van der Waals surface area (Å²) in [4.78, 5) is 47.7. The monoisotopic (exact) mass is 701 g/mol. The lowest BCUT2D eigenvalue weighted by atomic mass is 9.95. The van der Waals surface area contributed by atoms with E-state index in [2.05, 4.69) is 65.1 Å². The van der Waals surface area contributed by atoms with Gasteiger partial charge in [-0.1, -0.05) is 94.4 Å². The number of urea groups is 1. The highest BCUT2D eigenvalue weighted by molar-refractivity contribution is 7.10. The SMILES string of the molecule is CC(C)c1nc(CN(C)C(=O)NC(C(=O)NC(CCC(Cc2ccccc2)NC(=O)CCc2cccs2)Cc2ccccc2)C(C)C)cs1. The van der Waals surface area contributed by atoms with E-state index >= 15 is 0 Å². The maximum atomic E-state index is 13.9. The molecule has 0 aliphatic rings.